The third kappa shape index (κ3) is 9.77. The first-order valence-electron chi connectivity index (χ1n) is 8.28. The summed E-state index contributed by atoms with van der Waals surface area (Å²) in [7, 11) is 1.51. The van der Waals surface area contributed by atoms with Gasteiger partial charge in [0.15, 0.2) is 0 Å². The number of hydrogen-bond acceptors (Lipinski definition) is 5. The lowest BCUT2D eigenvalue weighted by Crippen LogP contribution is -2.29. The van der Waals surface area contributed by atoms with Crippen LogP contribution in [0.15, 0.2) is 0 Å². The van der Waals surface area contributed by atoms with E-state index in [0.717, 1.165) is 19.3 Å². The highest BCUT2D eigenvalue weighted by atomic mass is 16.6. The first-order chi connectivity index (χ1) is 10.4. The zero-order chi connectivity index (χ0) is 17.0. The minimum atomic E-state index is -0.418. The fourth-order valence-electron chi connectivity index (χ4n) is 1.84. The van der Waals surface area contributed by atoms with Crippen molar-refractivity contribution >= 4 is 11.9 Å². The molecule has 0 spiro atoms. The zero-order valence-electron chi connectivity index (χ0n) is 14.7. The first-order valence-corrected chi connectivity index (χ1v) is 8.28. The Morgan fingerprint density at radius 1 is 0.909 bits per heavy atom. The van der Waals surface area contributed by atoms with Gasteiger partial charge in [-0.3, -0.25) is 9.59 Å². The van der Waals surface area contributed by atoms with Crippen LogP contribution in [0, 0.1) is 11.8 Å². The second kappa shape index (κ2) is 12.4. The number of unbranched alkanes of at least 4 members (excludes halogenated alkanes) is 3. The van der Waals surface area contributed by atoms with Crippen molar-refractivity contribution in [2.75, 3.05) is 20.3 Å². The van der Waals surface area contributed by atoms with Gasteiger partial charge in [-0.2, -0.15) is 0 Å². The summed E-state index contributed by atoms with van der Waals surface area (Å²) >= 11 is 0. The second-order valence-corrected chi connectivity index (χ2v) is 6.02. The van der Waals surface area contributed by atoms with Gasteiger partial charge >= 0.3 is 11.9 Å². The maximum atomic E-state index is 11.9. The summed E-state index contributed by atoms with van der Waals surface area (Å²) in [6.45, 7) is 7.80. The number of esters is 2. The third-order valence-electron chi connectivity index (χ3n) is 3.52. The molecular formula is C17H32O5. The van der Waals surface area contributed by atoms with E-state index in [1.807, 2.05) is 6.92 Å². The van der Waals surface area contributed by atoms with Crippen LogP contribution in [0.1, 0.15) is 59.8 Å². The van der Waals surface area contributed by atoms with Crippen LogP contribution >= 0.6 is 0 Å². The Hall–Kier alpha value is -1.10. The number of rotatable bonds is 12. The summed E-state index contributed by atoms with van der Waals surface area (Å²) in [6, 6.07) is 0. The largest absolute Gasteiger partial charge is 0.463 e. The lowest BCUT2D eigenvalue weighted by Gasteiger charge is -2.18. The monoisotopic (exact) mass is 316 g/mol. The normalized spacial score (nSPS) is 13.7. The van der Waals surface area contributed by atoms with Crippen LogP contribution in [0.5, 0.6) is 0 Å². The fourth-order valence-corrected chi connectivity index (χ4v) is 1.84. The summed E-state index contributed by atoms with van der Waals surface area (Å²) in [5.41, 5.74) is 0. The fraction of sp³-hybridized carbons (Fsp3) is 0.882. The van der Waals surface area contributed by atoms with Gasteiger partial charge in [0.2, 0.25) is 0 Å². The molecule has 0 aromatic heterocycles. The molecule has 0 rings (SSSR count). The molecule has 0 saturated heterocycles. The summed E-state index contributed by atoms with van der Waals surface area (Å²) in [5, 5.41) is 0. The Balaban J connectivity index is 3.95. The minimum absolute atomic E-state index is 0.103. The minimum Gasteiger partial charge on any atom is -0.463 e. The molecule has 0 aromatic carbocycles. The van der Waals surface area contributed by atoms with Crippen LogP contribution in [-0.4, -0.2) is 38.4 Å². The van der Waals surface area contributed by atoms with Gasteiger partial charge in [-0.05, 0) is 6.42 Å². The van der Waals surface area contributed by atoms with Crippen molar-refractivity contribution < 1.29 is 23.8 Å². The zero-order valence-corrected chi connectivity index (χ0v) is 14.7. The Morgan fingerprint density at radius 2 is 1.50 bits per heavy atom. The molecule has 130 valence electrons. The molecule has 22 heavy (non-hydrogen) atoms. The molecule has 0 radical (unpaired) electrons. The smallest absolute Gasteiger partial charge is 0.308 e. The average Bonchev–Trinajstić information content (AvgIpc) is 2.50. The van der Waals surface area contributed by atoms with E-state index in [0.29, 0.717) is 0 Å². The number of carbonyl (C=O) groups is 2. The van der Waals surface area contributed by atoms with E-state index in [1.54, 1.807) is 13.8 Å². The van der Waals surface area contributed by atoms with E-state index < -0.39 is 6.10 Å². The summed E-state index contributed by atoms with van der Waals surface area (Å²) in [4.78, 5) is 23.3. The van der Waals surface area contributed by atoms with Crippen LogP contribution in [0.3, 0.4) is 0 Å². The molecule has 0 heterocycles. The summed E-state index contributed by atoms with van der Waals surface area (Å²) < 4.78 is 15.5. The van der Waals surface area contributed by atoms with Crippen molar-refractivity contribution in [3.05, 3.63) is 0 Å². The Labute approximate surface area is 134 Å². The molecule has 0 amide bonds. The van der Waals surface area contributed by atoms with Gasteiger partial charge in [-0.25, -0.2) is 0 Å². The van der Waals surface area contributed by atoms with Crippen molar-refractivity contribution in [2.24, 2.45) is 11.8 Å². The Morgan fingerprint density at radius 3 is 2.00 bits per heavy atom. The highest BCUT2D eigenvalue weighted by molar-refractivity contribution is 5.72. The summed E-state index contributed by atoms with van der Waals surface area (Å²) in [6.07, 6.45) is 5.01. The Kier molecular flexibility index (Phi) is 11.8. The van der Waals surface area contributed by atoms with Gasteiger partial charge in [0.25, 0.3) is 0 Å². The second-order valence-electron chi connectivity index (χ2n) is 6.02. The predicted molar refractivity (Wildman–Crippen MR) is 85.5 cm³/mol. The van der Waals surface area contributed by atoms with Gasteiger partial charge in [0.05, 0.1) is 11.8 Å². The van der Waals surface area contributed by atoms with Gasteiger partial charge in [0.1, 0.15) is 19.3 Å². The Bertz CT molecular complexity index is 314. The van der Waals surface area contributed by atoms with E-state index in [9.17, 15) is 9.59 Å². The van der Waals surface area contributed by atoms with Crippen molar-refractivity contribution in [3.63, 3.8) is 0 Å². The van der Waals surface area contributed by atoms with Crippen LogP contribution < -0.4 is 0 Å². The maximum absolute atomic E-state index is 11.9. The maximum Gasteiger partial charge on any atom is 0.308 e. The quantitative estimate of drug-likeness (QED) is 0.408. The lowest BCUT2D eigenvalue weighted by molar-refractivity contribution is -0.158. The molecule has 0 fully saturated rings. The molecule has 5 nitrogen and oxygen atoms in total. The molecule has 2 unspecified atom stereocenters. The molecule has 0 N–H and O–H groups in total. The molecule has 0 aliphatic heterocycles. The van der Waals surface area contributed by atoms with Crippen LogP contribution in [0.4, 0.5) is 0 Å². The van der Waals surface area contributed by atoms with Crippen LogP contribution in [0.25, 0.3) is 0 Å². The molecular weight excluding hydrogens is 284 g/mol. The molecule has 0 saturated carbocycles. The standard InChI is InChI=1S/C17H32O5/c1-6-7-8-9-10-14(4)17(19)22-12-15(20-5)11-21-16(18)13(2)3/h13-15H,6-12H2,1-5H3. The highest BCUT2D eigenvalue weighted by Gasteiger charge is 2.18. The molecule has 2 atom stereocenters. The lowest BCUT2D eigenvalue weighted by atomic mass is 10.0. The highest BCUT2D eigenvalue weighted by Crippen LogP contribution is 2.12. The molecule has 5 heteroatoms. The summed E-state index contributed by atoms with van der Waals surface area (Å²) in [5.74, 6) is -0.776. The molecule has 0 aliphatic carbocycles. The van der Waals surface area contributed by atoms with Crippen molar-refractivity contribution in [1.82, 2.24) is 0 Å². The average molecular weight is 316 g/mol. The molecule has 0 aromatic rings. The first kappa shape index (κ1) is 20.9. The van der Waals surface area contributed by atoms with Gasteiger partial charge in [-0.1, -0.05) is 53.4 Å². The van der Waals surface area contributed by atoms with Gasteiger partial charge in [-0.15, -0.1) is 0 Å². The molecule has 0 bridgehead atoms. The van der Waals surface area contributed by atoms with Crippen LogP contribution in [-0.2, 0) is 23.8 Å². The van der Waals surface area contributed by atoms with E-state index in [4.69, 9.17) is 14.2 Å². The predicted octanol–water partition coefficient (Wildman–Crippen LogP) is 3.35. The van der Waals surface area contributed by atoms with Crippen molar-refractivity contribution in [1.29, 1.82) is 0 Å². The van der Waals surface area contributed by atoms with E-state index in [-0.39, 0.29) is 37.0 Å². The number of hydrogen-bond donors (Lipinski definition) is 0. The van der Waals surface area contributed by atoms with E-state index >= 15 is 0 Å². The van der Waals surface area contributed by atoms with E-state index in [2.05, 4.69) is 6.92 Å². The number of ether oxygens (including phenoxy) is 3. The van der Waals surface area contributed by atoms with Crippen molar-refractivity contribution in [3.8, 4) is 0 Å². The SMILES string of the molecule is CCCCCCC(C)C(=O)OCC(COC(=O)C(C)C)OC. The topological polar surface area (TPSA) is 61.8 Å². The van der Waals surface area contributed by atoms with Crippen molar-refractivity contribution in [2.45, 2.75) is 65.9 Å². The third-order valence-corrected chi connectivity index (χ3v) is 3.52. The van der Waals surface area contributed by atoms with E-state index in [1.165, 1.54) is 20.0 Å². The van der Waals surface area contributed by atoms with Crippen LogP contribution in [0.2, 0.25) is 0 Å². The van der Waals surface area contributed by atoms with Gasteiger partial charge in [0, 0.05) is 7.11 Å². The number of carbonyl (C=O) groups excluding carboxylic acids is 2. The molecule has 0 aliphatic rings. The number of methoxy groups -OCH3 is 1. The van der Waals surface area contributed by atoms with Gasteiger partial charge < -0.3 is 14.2 Å².